The maximum atomic E-state index is 14.4. The molecule has 0 bridgehead atoms. The SMILES string of the molecule is O=S(=O)(CNc1ncns1)c1cc(F)c(Oc2cc(C(F)(F)F)cc(C(F)(F)F)c2)cc1F. The van der Waals surface area contributed by atoms with Crippen LogP contribution >= 0.6 is 11.5 Å². The van der Waals surface area contributed by atoms with Gasteiger partial charge in [-0.15, -0.1) is 0 Å². The second-order valence-corrected chi connectivity index (χ2v) is 8.98. The van der Waals surface area contributed by atoms with E-state index >= 15 is 0 Å². The molecule has 0 fully saturated rings. The number of benzene rings is 2. The highest BCUT2D eigenvalue weighted by molar-refractivity contribution is 7.91. The van der Waals surface area contributed by atoms with Gasteiger partial charge < -0.3 is 10.1 Å². The lowest BCUT2D eigenvalue weighted by Gasteiger charge is -2.15. The van der Waals surface area contributed by atoms with Crippen LogP contribution in [0.4, 0.5) is 40.3 Å². The minimum Gasteiger partial charge on any atom is -0.454 e. The maximum absolute atomic E-state index is 14.4. The van der Waals surface area contributed by atoms with Gasteiger partial charge in [-0.3, -0.25) is 0 Å². The lowest BCUT2D eigenvalue weighted by molar-refractivity contribution is -0.143. The number of aromatic nitrogens is 2. The number of hydrogen-bond donors (Lipinski definition) is 1. The molecule has 178 valence electrons. The van der Waals surface area contributed by atoms with Crippen LogP contribution in [0.25, 0.3) is 0 Å². The molecule has 0 aliphatic heterocycles. The largest absolute Gasteiger partial charge is 0.454 e. The fraction of sp³-hybridized carbons (Fsp3) is 0.176. The Morgan fingerprint density at radius 1 is 0.909 bits per heavy atom. The highest BCUT2D eigenvalue weighted by atomic mass is 32.2. The summed E-state index contributed by atoms with van der Waals surface area (Å²) in [5.41, 5.74) is -3.48. The molecular weight excluding hydrogens is 510 g/mol. The third-order valence-corrected chi connectivity index (χ3v) is 6.01. The molecule has 0 unspecified atom stereocenters. The van der Waals surface area contributed by atoms with Gasteiger partial charge in [0.1, 0.15) is 28.7 Å². The molecule has 0 aliphatic carbocycles. The molecule has 0 spiro atoms. The lowest BCUT2D eigenvalue weighted by atomic mass is 10.1. The summed E-state index contributed by atoms with van der Waals surface area (Å²) < 4.78 is 139. The molecule has 0 saturated carbocycles. The van der Waals surface area contributed by atoms with Crippen LogP contribution in [-0.4, -0.2) is 23.7 Å². The Kier molecular flexibility index (Phi) is 6.52. The van der Waals surface area contributed by atoms with E-state index < -0.39 is 67.2 Å². The van der Waals surface area contributed by atoms with Gasteiger partial charge in [0.05, 0.1) is 11.1 Å². The molecular formula is C17H9F8N3O3S2. The zero-order chi connectivity index (χ0) is 24.6. The molecule has 1 aromatic heterocycles. The van der Waals surface area contributed by atoms with E-state index in [1.807, 2.05) is 0 Å². The predicted octanol–water partition coefficient (Wildman–Crippen LogP) is 5.49. The standard InChI is InChI=1S/C17H9F8N3O3S2/c18-11-5-14(33(29,30)7-27-15-26-6-28-32-15)12(19)4-13(11)31-10-2-8(16(20,21)22)1-9(3-10)17(23,24)25/h1-6H,7H2,(H,26,27,28). The molecule has 0 atom stereocenters. The van der Waals surface area contributed by atoms with Crippen molar-refractivity contribution in [3.05, 3.63) is 59.4 Å². The number of halogens is 8. The fourth-order valence-corrected chi connectivity index (χ4v) is 4.06. The second-order valence-electron chi connectivity index (χ2n) is 6.24. The van der Waals surface area contributed by atoms with E-state index in [1.54, 1.807) is 0 Å². The van der Waals surface area contributed by atoms with Gasteiger partial charge in [-0.1, -0.05) is 0 Å². The van der Waals surface area contributed by atoms with Crippen molar-refractivity contribution in [2.24, 2.45) is 0 Å². The van der Waals surface area contributed by atoms with Crippen molar-refractivity contribution in [1.82, 2.24) is 9.36 Å². The fourth-order valence-electron chi connectivity index (χ4n) is 2.42. The molecule has 0 radical (unpaired) electrons. The van der Waals surface area contributed by atoms with Gasteiger partial charge >= 0.3 is 12.4 Å². The Labute approximate surface area is 183 Å². The van der Waals surface area contributed by atoms with E-state index in [2.05, 4.69) is 14.7 Å². The first-order valence-electron chi connectivity index (χ1n) is 8.36. The van der Waals surface area contributed by atoms with E-state index in [0.29, 0.717) is 0 Å². The summed E-state index contributed by atoms with van der Waals surface area (Å²) >= 11 is 0.791. The number of nitrogens with one attached hydrogen (secondary N) is 1. The van der Waals surface area contributed by atoms with E-state index in [1.165, 1.54) is 0 Å². The van der Waals surface area contributed by atoms with Crippen molar-refractivity contribution < 1.29 is 48.3 Å². The Hall–Kier alpha value is -3.01. The van der Waals surface area contributed by atoms with Gasteiger partial charge in [0.2, 0.25) is 5.13 Å². The Bertz CT molecular complexity index is 1230. The number of alkyl halides is 6. The van der Waals surface area contributed by atoms with Gasteiger partial charge in [0.25, 0.3) is 0 Å². The average molecular weight is 519 g/mol. The van der Waals surface area contributed by atoms with E-state index in [0.717, 1.165) is 17.9 Å². The van der Waals surface area contributed by atoms with Gasteiger partial charge in [-0.2, -0.15) is 30.7 Å². The van der Waals surface area contributed by atoms with Crippen molar-refractivity contribution in [2.75, 3.05) is 11.2 Å². The Morgan fingerprint density at radius 2 is 1.52 bits per heavy atom. The quantitative estimate of drug-likeness (QED) is 0.434. The lowest BCUT2D eigenvalue weighted by Crippen LogP contribution is -2.16. The molecule has 6 nitrogen and oxygen atoms in total. The minimum atomic E-state index is -5.19. The monoisotopic (exact) mass is 519 g/mol. The van der Waals surface area contributed by atoms with Crippen LogP contribution in [0.5, 0.6) is 11.5 Å². The first-order valence-corrected chi connectivity index (χ1v) is 10.8. The van der Waals surface area contributed by atoms with Crippen molar-refractivity contribution >= 4 is 26.5 Å². The van der Waals surface area contributed by atoms with Crippen LogP contribution in [0.3, 0.4) is 0 Å². The molecule has 1 N–H and O–H groups in total. The van der Waals surface area contributed by atoms with Crippen LogP contribution in [0.2, 0.25) is 0 Å². The van der Waals surface area contributed by atoms with E-state index in [4.69, 9.17) is 4.74 Å². The summed E-state index contributed by atoms with van der Waals surface area (Å²) in [5.74, 6) is -6.22. The molecule has 0 amide bonds. The third kappa shape index (κ3) is 5.87. The molecule has 3 aromatic rings. The van der Waals surface area contributed by atoms with Gasteiger partial charge in [-0.05, 0) is 24.3 Å². The summed E-state index contributed by atoms with van der Waals surface area (Å²) in [5, 5.41) is 2.40. The minimum absolute atomic E-state index is 0.0735. The van der Waals surface area contributed by atoms with Gasteiger partial charge in [0.15, 0.2) is 21.4 Å². The molecule has 1 heterocycles. The number of rotatable bonds is 6. The second kappa shape index (κ2) is 8.74. The number of ether oxygens (including phenoxy) is 1. The molecule has 16 heteroatoms. The zero-order valence-corrected chi connectivity index (χ0v) is 17.3. The van der Waals surface area contributed by atoms with Crippen LogP contribution in [0, 0.1) is 11.6 Å². The Morgan fingerprint density at radius 3 is 2.03 bits per heavy atom. The smallest absolute Gasteiger partial charge is 0.416 e. The average Bonchev–Trinajstić information content (AvgIpc) is 3.21. The van der Waals surface area contributed by atoms with Crippen molar-refractivity contribution in [1.29, 1.82) is 0 Å². The highest BCUT2D eigenvalue weighted by Gasteiger charge is 2.37. The van der Waals surface area contributed by atoms with Gasteiger partial charge in [-0.25, -0.2) is 22.2 Å². The molecule has 2 aromatic carbocycles. The first kappa shape index (κ1) is 24.6. The van der Waals surface area contributed by atoms with Crippen molar-refractivity contribution in [3.8, 4) is 11.5 Å². The summed E-state index contributed by atoms with van der Waals surface area (Å²) in [4.78, 5) is 2.53. The van der Waals surface area contributed by atoms with E-state index in [9.17, 15) is 43.5 Å². The van der Waals surface area contributed by atoms with Crippen LogP contribution < -0.4 is 10.1 Å². The molecule has 33 heavy (non-hydrogen) atoms. The maximum Gasteiger partial charge on any atom is 0.416 e. The Balaban J connectivity index is 1.93. The van der Waals surface area contributed by atoms with Crippen molar-refractivity contribution in [3.63, 3.8) is 0 Å². The number of anilines is 1. The molecule has 0 saturated heterocycles. The zero-order valence-electron chi connectivity index (χ0n) is 15.6. The highest BCUT2D eigenvalue weighted by Crippen LogP contribution is 2.39. The predicted molar refractivity (Wildman–Crippen MR) is 98.5 cm³/mol. The third-order valence-electron chi connectivity index (χ3n) is 3.89. The van der Waals surface area contributed by atoms with Gasteiger partial charge in [0, 0.05) is 17.6 Å². The number of hydrogen-bond acceptors (Lipinski definition) is 7. The van der Waals surface area contributed by atoms with E-state index in [-0.39, 0.29) is 35.5 Å². The molecule has 3 rings (SSSR count). The van der Waals surface area contributed by atoms with Crippen LogP contribution in [-0.2, 0) is 22.2 Å². The number of nitrogens with zero attached hydrogens (tertiary/aromatic N) is 2. The normalized spacial score (nSPS) is 12.6. The first-order chi connectivity index (χ1) is 15.2. The van der Waals surface area contributed by atoms with Crippen LogP contribution in [0.1, 0.15) is 11.1 Å². The summed E-state index contributed by atoms with van der Waals surface area (Å²) in [6, 6.07) is 0.525. The van der Waals surface area contributed by atoms with Crippen LogP contribution in [0.15, 0.2) is 41.6 Å². The summed E-state index contributed by atoms with van der Waals surface area (Å²) in [6.45, 7) is 0. The summed E-state index contributed by atoms with van der Waals surface area (Å²) in [7, 11) is -4.47. The molecule has 0 aliphatic rings. The summed E-state index contributed by atoms with van der Waals surface area (Å²) in [6.07, 6.45) is -9.27. The topological polar surface area (TPSA) is 81.2 Å². The number of sulfone groups is 1. The van der Waals surface area contributed by atoms with Crippen molar-refractivity contribution in [2.45, 2.75) is 17.2 Å².